The number of hydrogen-bond acceptors (Lipinski definition) is 3. The van der Waals surface area contributed by atoms with E-state index in [0.29, 0.717) is 5.82 Å². The van der Waals surface area contributed by atoms with Crippen molar-refractivity contribution in [3.63, 3.8) is 0 Å². The first-order valence-electron chi connectivity index (χ1n) is 23.5. The number of pyridine rings is 1. The van der Waals surface area contributed by atoms with Gasteiger partial charge in [0.05, 0.1) is 22.4 Å². The van der Waals surface area contributed by atoms with Crippen LogP contribution in [0.2, 0.25) is 0 Å². The van der Waals surface area contributed by atoms with Gasteiger partial charge in [-0.2, -0.15) is 0 Å². The molecule has 1 aliphatic carbocycles. The smallest absolute Gasteiger partial charge is 0.160 e. The highest BCUT2D eigenvalue weighted by Crippen LogP contribution is 2.59. The maximum Gasteiger partial charge on any atom is 0.160 e. The molecule has 0 unspecified atom stereocenters. The molecular formula is C65H40N4. The number of aromatic nitrogens is 4. The second-order valence-electron chi connectivity index (χ2n) is 17.9. The van der Waals surface area contributed by atoms with Crippen LogP contribution in [0.3, 0.4) is 0 Å². The summed E-state index contributed by atoms with van der Waals surface area (Å²) >= 11 is 0. The Morgan fingerprint density at radius 1 is 0.304 bits per heavy atom. The number of hydrogen-bond donors (Lipinski definition) is 0. The van der Waals surface area contributed by atoms with Crippen molar-refractivity contribution >= 4 is 43.4 Å². The molecule has 4 heteroatoms. The number of rotatable bonds is 7. The van der Waals surface area contributed by atoms with Crippen LogP contribution < -0.4 is 0 Å². The van der Waals surface area contributed by atoms with Gasteiger partial charge in [-0.15, -0.1) is 0 Å². The molecular weight excluding hydrogens is 837 g/mol. The molecule has 0 N–H and O–H groups in total. The standard InChI is InChI=1S/C65H40N4/c1-4-16-44(17-5-1)59-49-23-10-11-24-50(49)60(45-18-6-2-7-19-45)64-54-38-58-62(52-26-14-27-53(61(52)54)63(59)64)51-25-12-13-28-57(51)69(58)48-35-33-43(34-36-48)56-39-55(67-65(68-56)46-20-8-3-9-21-46)42-31-29-41(30-32-42)47-22-15-37-66-40-47/h1-40H. The van der Waals surface area contributed by atoms with Crippen LogP contribution in [-0.2, 0) is 0 Å². The molecule has 0 atom stereocenters. The second-order valence-corrected chi connectivity index (χ2v) is 17.9. The van der Waals surface area contributed by atoms with E-state index in [9.17, 15) is 0 Å². The van der Waals surface area contributed by atoms with Gasteiger partial charge < -0.3 is 4.57 Å². The van der Waals surface area contributed by atoms with E-state index in [2.05, 4.69) is 216 Å². The van der Waals surface area contributed by atoms with Crippen LogP contribution in [0.15, 0.2) is 243 Å². The Morgan fingerprint density at radius 2 is 0.826 bits per heavy atom. The lowest BCUT2D eigenvalue weighted by molar-refractivity contribution is 1.17. The molecule has 0 radical (unpaired) electrons. The van der Waals surface area contributed by atoms with E-state index in [0.717, 1.165) is 44.9 Å². The largest absolute Gasteiger partial charge is 0.309 e. The lowest BCUT2D eigenvalue weighted by atomic mass is 9.82. The monoisotopic (exact) mass is 876 g/mol. The zero-order valence-electron chi connectivity index (χ0n) is 37.4. The third kappa shape index (κ3) is 6.20. The summed E-state index contributed by atoms with van der Waals surface area (Å²) in [5, 5.41) is 7.58. The van der Waals surface area contributed by atoms with Gasteiger partial charge in [0.2, 0.25) is 0 Å². The van der Waals surface area contributed by atoms with Crippen molar-refractivity contribution in [1.29, 1.82) is 0 Å². The second kappa shape index (κ2) is 15.7. The minimum absolute atomic E-state index is 0.688. The Balaban J connectivity index is 0.972. The van der Waals surface area contributed by atoms with Crippen molar-refractivity contribution in [1.82, 2.24) is 19.5 Å². The Bertz CT molecular complexity index is 4130. The Labute approximate surface area is 399 Å². The Kier molecular flexibility index (Phi) is 8.86. The van der Waals surface area contributed by atoms with Crippen molar-refractivity contribution in [2.45, 2.75) is 0 Å². The van der Waals surface area contributed by atoms with E-state index < -0.39 is 0 Å². The third-order valence-corrected chi connectivity index (χ3v) is 14.0. The van der Waals surface area contributed by atoms with Gasteiger partial charge in [0, 0.05) is 45.5 Å². The van der Waals surface area contributed by atoms with Gasteiger partial charge in [-0.3, -0.25) is 4.98 Å². The summed E-state index contributed by atoms with van der Waals surface area (Å²) < 4.78 is 2.46. The molecule has 3 aromatic heterocycles. The summed E-state index contributed by atoms with van der Waals surface area (Å²) in [7, 11) is 0. The van der Waals surface area contributed by atoms with Gasteiger partial charge in [-0.05, 0) is 114 Å². The van der Waals surface area contributed by atoms with E-state index >= 15 is 0 Å². The van der Waals surface area contributed by atoms with Crippen LogP contribution in [0.4, 0.5) is 0 Å². The van der Waals surface area contributed by atoms with Crippen molar-refractivity contribution in [2.75, 3.05) is 0 Å². The van der Waals surface area contributed by atoms with Gasteiger partial charge in [0.25, 0.3) is 0 Å². The molecule has 69 heavy (non-hydrogen) atoms. The van der Waals surface area contributed by atoms with Crippen molar-refractivity contribution in [3.8, 4) is 95.2 Å². The summed E-state index contributed by atoms with van der Waals surface area (Å²) in [4.78, 5) is 14.7. The third-order valence-electron chi connectivity index (χ3n) is 14.0. The molecule has 0 saturated carbocycles. The maximum atomic E-state index is 5.20. The first-order valence-corrected chi connectivity index (χ1v) is 23.5. The predicted octanol–water partition coefficient (Wildman–Crippen LogP) is 16.9. The summed E-state index contributed by atoms with van der Waals surface area (Å²) in [6.07, 6.45) is 3.70. The topological polar surface area (TPSA) is 43.6 Å². The van der Waals surface area contributed by atoms with Crippen LogP contribution in [0.25, 0.3) is 139 Å². The average molecular weight is 877 g/mol. The fraction of sp³-hybridized carbons (Fsp3) is 0. The van der Waals surface area contributed by atoms with Crippen LogP contribution >= 0.6 is 0 Å². The van der Waals surface area contributed by atoms with E-state index in [-0.39, 0.29) is 0 Å². The van der Waals surface area contributed by atoms with Crippen LogP contribution in [0.1, 0.15) is 0 Å². The molecule has 3 heterocycles. The molecule has 14 rings (SSSR count). The minimum Gasteiger partial charge on any atom is -0.309 e. The number of fused-ring (bicyclic) bond motifs is 8. The quantitative estimate of drug-likeness (QED) is 0.160. The van der Waals surface area contributed by atoms with Crippen molar-refractivity contribution in [2.24, 2.45) is 0 Å². The molecule has 0 fully saturated rings. The predicted molar refractivity (Wildman–Crippen MR) is 286 cm³/mol. The highest BCUT2D eigenvalue weighted by Gasteiger charge is 2.32. The minimum atomic E-state index is 0.688. The van der Waals surface area contributed by atoms with Crippen LogP contribution in [-0.4, -0.2) is 19.5 Å². The summed E-state index contributed by atoms with van der Waals surface area (Å²) in [5.41, 5.74) is 20.5. The molecule has 13 aromatic rings. The fourth-order valence-electron chi connectivity index (χ4n) is 11.0. The maximum absolute atomic E-state index is 5.20. The van der Waals surface area contributed by atoms with Gasteiger partial charge in [-0.1, -0.05) is 194 Å². The first-order chi connectivity index (χ1) is 34.2. The van der Waals surface area contributed by atoms with Crippen LogP contribution in [0.5, 0.6) is 0 Å². The molecule has 320 valence electrons. The first kappa shape index (κ1) is 39.0. The SMILES string of the molecule is c1ccc(-c2nc(-c3ccc(-c4cccnc4)cc3)cc(-c3ccc(-n4c5ccccc5c5c6cccc7c6c(cc54)-c4c-7c(-c5ccccc5)c5ccccc5c4-c4ccccc4)cc3)n2)cc1. The Hall–Kier alpha value is -9.25. The lowest BCUT2D eigenvalue weighted by Crippen LogP contribution is -1.97. The average Bonchev–Trinajstić information content (AvgIpc) is 3.94. The molecule has 10 aromatic carbocycles. The van der Waals surface area contributed by atoms with Crippen LogP contribution in [0, 0.1) is 0 Å². The zero-order valence-corrected chi connectivity index (χ0v) is 37.4. The number of benzene rings is 10. The molecule has 0 bridgehead atoms. The summed E-state index contributed by atoms with van der Waals surface area (Å²) in [5.74, 6) is 0.688. The fourth-order valence-corrected chi connectivity index (χ4v) is 11.0. The lowest BCUT2D eigenvalue weighted by Gasteiger charge is -2.20. The Morgan fingerprint density at radius 3 is 1.45 bits per heavy atom. The number of nitrogens with zero attached hydrogens (tertiary/aromatic N) is 4. The van der Waals surface area contributed by atoms with E-state index in [1.54, 1.807) is 6.20 Å². The van der Waals surface area contributed by atoms with Gasteiger partial charge in [0.15, 0.2) is 5.82 Å². The van der Waals surface area contributed by atoms with Gasteiger partial charge in [0.1, 0.15) is 0 Å². The summed E-state index contributed by atoms with van der Waals surface area (Å²) in [6, 6.07) is 83.1. The highest BCUT2D eigenvalue weighted by atomic mass is 15.0. The zero-order chi connectivity index (χ0) is 45.4. The van der Waals surface area contributed by atoms with E-state index in [4.69, 9.17) is 9.97 Å². The molecule has 1 aliphatic rings. The van der Waals surface area contributed by atoms with Crippen molar-refractivity contribution in [3.05, 3.63) is 243 Å². The molecule has 0 aliphatic heterocycles. The van der Waals surface area contributed by atoms with Gasteiger partial charge in [-0.25, -0.2) is 9.97 Å². The molecule has 0 spiro atoms. The highest BCUT2D eigenvalue weighted by molar-refractivity contribution is 6.33. The van der Waals surface area contributed by atoms with Crippen molar-refractivity contribution < 1.29 is 0 Å². The molecule has 0 saturated heterocycles. The van der Waals surface area contributed by atoms with E-state index in [1.807, 2.05) is 30.5 Å². The number of para-hydroxylation sites is 1. The normalized spacial score (nSPS) is 11.8. The summed E-state index contributed by atoms with van der Waals surface area (Å²) in [6.45, 7) is 0. The molecule has 0 amide bonds. The van der Waals surface area contributed by atoms with E-state index in [1.165, 1.54) is 87.9 Å². The molecule has 4 nitrogen and oxygen atoms in total. The van der Waals surface area contributed by atoms with Gasteiger partial charge >= 0.3 is 0 Å².